The van der Waals surface area contributed by atoms with E-state index in [4.69, 9.17) is 12.2 Å². The zero-order valence-electron chi connectivity index (χ0n) is 14.7. The molecule has 12 heteroatoms. The molecule has 0 unspecified atom stereocenters. The molecule has 0 atom stereocenters. The number of amides is 1. The van der Waals surface area contributed by atoms with E-state index in [1.54, 1.807) is 21.6 Å². The van der Waals surface area contributed by atoms with Gasteiger partial charge in [-0.25, -0.2) is 8.42 Å². The van der Waals surface area contributed by atoms with E-state index in [-0.39, 0.29) is 25.5 Å². The minimum absolute atomic E-state index is 0.0826. The van der Waals surface area contributed by atoms with Gasteiger partial charge in [-0.05, 0) is 46.7 Å². The molecule has 2 aromatic heterocycles. The first-order valence-corrected chi connectivity index (χ1v) is 12.0. The number of thiophene rings is 1. The molecule has 3 heterocycles. The lowest BCUT2D eigenvalue weighted by molar-refractivity contribution is -0.133. The Morgan fingerprint density at radius 3 is 2.63 bits per heavy atom. The maximum atomic E-state index is 12.7. The molecule has 0 saturated carbocycles. The van der Waals surface area contributed by atoms with Crippen LogP contribution in [0.25, 0.3) is 0 Å². The van der Waals surface area contributed by atoms with Crippen molar-refractivity contribution in [2.24, 2.45) is 0 Å². The number of nitrogens with one attached hydrogen (secondary N) is 1. The quantitative estimate of drug-likeness (QED) is 0.623. The maximum absolute atomic E-state index is 12.7. The summed E-state index contributed by atoms with van der Waals surface area (Å²) in [7, 11) is -3.51. The van der Waals surface area contributed by atoms with Gasteiger partial charge in [0.25, 0.3) is 10.0 Å². The molecule has 2 aromatic rings. The van der Waals surface area contributed by atoms with Crippen molar-refractivity contribution in [1.82, 2.24) is 24.0 Å². The average Bonchev–Trinajstić information content (AvgIpc) is 3.23. The summed E-state index contributed by atoms with van der Waals surface area (Å²) < 4.78 is 30.0. The Hall–Kier alpha value is -1.08. The predicted octanol–water partition coefficient (Wildman–Crippen LogP) is 2.25. The fourth-order valence-electron chi connectivity index (χ4n) is 2.90. The Balaban J connectivity index is 1.63. The highest BCUT2D eigenvalue weighted by Gasteiger charge is 2.31. The third-order valence-electron chi connectivity index (χ3n) is 4.34. The van der Waals surface area contributed by atoms with Crippen LogP contribution in [0.3, 0.4) is 0 Å². The number of halogens is 1. The third-order valence-corrected chi connectivity index (χ3v) is 8.64. The van der Waals surface area contributed by atoms with Gasteiger partial charge in [0.1, 0.15) is 16.6 Å². The molecule has 1 fully saturated rings. The summed E-state index contributed by atoms with van der Waals surface area (Å²) in [4.78, 5) is 14.3. The second-order valence-corrected chi connectivity index (χ2v) is 11.1. The smallest absolute Gasteiger partial charge is 0.252 e. The first-order chi connectivity index (χ1) is 12.8. The molecular weight excluding hydrogens is 474 g/mol. The molecule has 0 bridgehead atoms. The number of hydrogen-bond acceptors (Lipinski definition) is 6. The van der Waals surface area contributed by atoms with Crippen molar-refractivity contribution in [2.45, 2.75) is 30.5 Å². The highest BCUT2D eigenvalue weighted by Crippen LogP contribution is 2.28. The van der Waals surface area contributed by atoms with Crippen LogP contribution in [0.4, 0.5) is 0 Å². The van der Waals surface area contributed by atoms with Crippen LogP contribution in [-0.4, -0.2) is 64.5 Å². The molecule has 1 aliphatic heterocycles. The van der Waals surface area contributed by atoms with Crippen molar-refractivity contribution < 1.29 is 13.2 Å². The van der Waals surface area contributed by atoms with Crippen LogP contribution in [0.1, 0.15) is 19.2 Å². The monoisotopic (exact) mass is 493 g/mol. The SMILES string of the molecule is CCCc1n[nH]c(=S)n1CC(=O)N1CCN(S(=O)(=O)c2ccc(Br)s2)CC1. The lowest BCUT2D eigenvalue weighted by Crippen LogP contribution is -2.51. The summed E-state index contributed by atoms with van der Waals surface area (Å²) >= 11 is 9.69. The zero-order valence-corrected chi connectivity index (χ0v) is 18.8. The van der Waals surface area contributed by atoms with E-state index >= 15 is 0 Å². The summed E-state index contributed by atoms with van der Waals surface area (Å²) in [6.07, 6.45) is 1.64. The van der Waals surface area contributed by atoms with E-state index in [9.17, 15) is 13.2 Å². The highest BCUT2D eigenvalue weighted by atomic mass is 79.9. The third kappa shape index (κ3) is 4.50. The van der Waals surface area contributed by atoms with Crippen molar-refractivity contribution in [1.29, 1.82) is 0 Å². The molecule has 0 spiro atoms. The summed E-state index contributed by atoms with van der Waals surface area (Å²) in [6, 6.07) is 3.32. The summed E-state index contributed by atoms with van der Waals surface area (Å²) in [6.45, 7) is 3.44. The average molecular weight is 494 g/mol. The van der Waals surface area contributed by atoms with Crippen molar-refractivity contribution >= 4 is 55.4 Å². The number of sulfonamides is 1. The second kappa shape index (κ2) is 8.52. The van der Waals surface area contributed by atoms with Gasteiger partial charge in [0.2, 0.25) is 5.91 Å². The maximum Gasteiger partial charge on any atom is 0.252 e. The van der Waals surface area contributed by atoms with Gasteiger partial charge >= 0.3 is 0 Å². The van der Waals surface area contributed by atoms with Gasteiger partial charge < -0.3 is 4.90 Å². The largest absolute Gasteiger partial charge is 0.338 e. The normalized spacial score (nSPS) is 16.0. The van der Waals surface area contributed by atoms with Crippen molar-refractivity contribution in [3.05, 3.63) is 26.5 Å². The van der Waals surface area contributed by atoms with Crippen LogP contribution in [0.15, 0.2) is 20.1 Å². The van der Waals surface area contributed by atoms with E-state index in [0.717, 1.165) is 22.5 Å². The zero-order chi connectivity index (χ0) is 19.6. The summed E-state index contributed by atoms with van der Waals surface area (Å²) in [5, 5.41) is 6.90. The highest BCUT2D eigenvalue weighted by molar-refractivity contribution is 9.11. The van der Waals surface area contributed by atoms with E-state index in [1.807, 2.05) is 6.92 Å². The molecule has 0 radical (unpaired) electrons. The molecule has 1 saturated heterocycles. The van der Waals surface area contributed by atoms with Crippen LogP contribution in [0.5, 0.6) is 0 Å². The van der Waals surface area contributed by atoms with Crippen LogP contribution < -0.4 is 0 Å². The van der Waals surface area contributed by atoms with Crippen molar-refractivity contribution in [3.63, 3.8) is 0 Å². The number of aryl methyl sites for hydroxylation is 1. The summed E-state index contributed by atoms with van der Waals surface area (Å²) in [5.74, 6) is 0.682. The van der Waals surface area contributed by atoms with Gasteiger partial charge in [-0.1, -0.05) is 6.92 Å². The van der Waals surface area contributed by atoms with Gasteiger partial charge in [-0.15, -0.1) is 11.3 Å². The van der Waals surface area contributed by atoms with E-state index in [2.05, 4.69) is 26.1 Å². The first-order valence-electron chi connectivity index (χ1n) is 8.50. The predicted molar refractivity (Wildman–Crippen MR) is 109 cm³/mol. The van der Waals surface area contributed by atoms with Crippen LogP contribution in [0.2, 0.25) is 0 Å². The molecule has 1 amide bonds. The van der Waals surface area contributed by atoms with Crippen molar-refractivity contribution in [2.75, 3.05) is 26.2 Å². The fraction of sp³-hybridized carbons (Fsp3) is 0.533. The van der Waals surface area contributed by atoms with Gasteiger partial charge in [0.05, 0.1) is 3.79 Å². The van der Waals surface area contributed by atoms with Gasteiger partial charge in [-0.2, -0.15) is 9.40 Å². The second-order valence-electron chi connectivity index (χ2n) is 6.12. The molecule has 27 heavy (non-hydrogen) atoms. The molecule has 148 valence electrons. The number of aromatic amines is 1. The Labute approximate surface area is 175 Å². The molecule has 3 rings (SSSR count). The van der Waals surface area contributed by atoms with Crippen LogP contribution in [0, 0.1) is 4.77 Å². The number of carbonyl (C=O) groups excluding carboxylic acids is 1. The van der Waals surface area contributed by atoms with Gasteiger partial charge in [-0.3, -0.25) is 14.5 Å². The number of rotatable bonds is 6. The molecular formula is C15H20BrN5O3S3. The fourth-order valence-corrected chi connectivity index (χ4v) is 6.71. The Kier molecular flexibility index (Phi) is 6.51. The molecule has 0 aromatic carbocycles. The number of H-pyrrole nitrogens is 1. The standard InChI is InChI=1S/C15H20BrN5O3S3/c1-2-3-12-17-18-15(25)21(12)10-13(22)19-6-8-20(9-7-19)27(23,24)14-5-4-11(16)26-14/h4-5H,2-3,6-10H2,1H3,(H,18,25). The number of carbonyl (C=O) groups is 1. The van der Waals surface area contributed by atoms with Crippen LogP contribution in [-0.2, 0) is 27.8 Å². The van der Waals surface area contributed by atoms with Crippen LogP contribution >= 0.6 is 39.5 Å². The Morgan fingerprint density at radius 1 is 1.33 bits per heavy atom. The van der Waals surface area contributed by atoms with Crippen molar-refractivity contribution in [3.8, 4) is 0 Å². The Morgan fingerprint density at radius 2 is 2.04 bits per heavy atom. The number of hydrogen-bond donors (Lipinski definition) is 1. The molecule has 1 aliphatic rings. The molecule has 0 aliphatic carbocycles. The Bertz CT molecular complexity index is 973. The lowest BCUT2D eigenvalue weighted by Gasteiger charge is -2.33. The minimum atomic E-state index is -3.51. The van der Waals surface area contributed by atoms with E-state index in [1.165, 1.54) is 15.6 Å². The van der Waals surface area contributed by atoms with E-state index < -0.39 is 10.0 Å². The van der Waals surface area contributed by atoms with Gasteiger partial charge in [0.15, 0.2) is 4.77 Å². The molecule has 8 nitrogen and oxygen atoms in total. The number of aromatic nitrogens is 3. The number of piperazine rings is 1. The molecule has 1 N–H and O–H groups in total. The topological polar surface area (TPSA) is 91.3 Å². The number of nitrogens with zero attached hydrogens (tertiary/aromatic N) is 4. The van der Waals surface area contributed by atoms with Gasteiger partial charge in [0, 0.05) is 32.6 Å². The summed E-state index contributed by atoms with van der Waals surface area (Å²) in [5.41, 5.74) is 0. The lowest BCUT2D eigenvalue weighted by atomic mass is 10.3. The van der Waals surface area contributed by atoms with E-state index in [0.29, 0.717) is 22.1 Å². The first kappa shape index (κ1) is 20.6. The minimum Gasteiger partial charge on any atom is -0.338 e.